The predicted octanol–water partition coefficient (Wildman–Crippen LogP) is 14.2. The molecule has 11 rings (SSSR count). The Bertz CT molecular complexity index is 3080. The van der Waals surface area contributed by atoms with Crippen molar-refractivity contribution in [1.29, 1.82) is 0 Å². The molecular formula is C62H80N14. The Hall–Kier alpha value is -7.22. The highest BCUT2D eigenvalue weighted by Gasteiger charge is 2.30. The highest BCUT2D eigenvalue weighted by molar-refractivity contribution is 5.93. The Kier molecular flexibility index (Phi) is 17.6. The van der Waals surface area contributed by atoms with Crippen molar-refractivity contribution >= 4 is 45.9 Å². The van der Waals surface area contributed by atoms with Crippen molar-refractivity contribution in [3.63, 3.8) is 0 Å². The van der Waals surface area contributed by atoms with Crippen LogP contribution in [0.4, 0.5) is 34.9 Å². The predicted molar refractivity (Wildman–Crippen MR) is 316 cm³/mol. The maximum Gasteiger partial charge on any atom is 0.223 e. The molecule has 6 aromatic heterocycles. The lowest BCUT2D eigenvalue weighted by molar-refractivity contribution is 0.679. The van der Waals surface area contributed by atoms with Gasteiger partial charge >= 0.3 is 0 Å². The summed E-state index contributed by atoms with van der Waals surface area (Å²) in [7, 11) is 0. The highest BCUT2D eigenvalue weighted by atomic mass is 15.3. The molecular weight excluding hydrogens is 941 g/mol. The first-order chi connectivity index (χ1) is 37.5. The van der Waals surface area contributed by atoms with E-state index >= 15 is 0 Å². The second-order valence-corrected chi connectivity index (χ2v) is 21.3. The number of nitrogens with one attached hydrogen (secondary N) is 5. The maximum absolute atomic E-state index is 5.19. The largest absolute Gasteiger partial charge is 0.385 e. The summed E-state index contributed by atoms with van der Waals surface area (Å²) in [6, 6.07) is 34.4. The molecule has 0 aliphatic heterocycles. The molecule has 398 valence electrons. The topological polar surface area (TPSA) is 150 Å². The molecule has 3 aliphatic carbocycles. The normalized spacial score (nSPS) is 14.1. The van der Waals surface area contributed by atoms with Crippen molar-refractivity contribution in [2.24, 2.45) is 17.8 Å². The first kappa shape index (κ1) is 52.2. The third-order valence-electron chi connectivity index (χ3n) is 14.7. The third-order valence-corrected chi connectivity index (χ3v) is 14.7. The van der Waals surface area contributed by atoms with E-state index in [2.05, 4.69) is 154 Å². The number of aromatic nitrogens is 8. The molecule has 76 heavy (non-hydrogen) atoms. The van der Waals surface area contributed by atoms with E-state index < -0.39 is 0 Å². The zero-order chi connectivity index (χ0) is 52.1. The van der Waals surface area contributed by atoms with Crippen molar-refractivity contribution < 1.29 is 0 Å². The first-order valence-corrected chi connectivity index (χ1v) is 28.9. The minimum Gasteiger partial charge on any atom is -0.385 e. The number of hydrogen-bond donors (Lipinski definition) is 5. The van der Waals surface area contributed by atoms with E-state index in [1.54, 1.807) is 0 Å². The van der Waals surface area contributed by atoms with Gasteiger partial charge in [0.1, 0.15) is 23.0 Å². The van der Waals surface area contributed by atoms with E-state index in [1.807, 2.05) is 33.6 Å². The molecule has 0 unspecified atom stereocenters. The van der Waals surface area contributed by atoms with Gasteiger partial charge in [0.2, 0.25) is 11.9 Å². The molecule has 0 radical (unpaired) electrons. The molecule has 0 atom stereocenters. The molecule has 5 N–H and O–H groups in total. The summed E-state index contributed by atoms with van der Waals surface area (Å²) in [5.41, 5.74) is 12.4. The molecule has 3 aliphatic rings. The molecule has 14 heteroatoms. The number of rotatable bonds is 28. The van der Waals surface area contributed by atoms with Crippen LogP contribution in [0.2, 0.25) is 0 Å². The Balaban J connectivity index is 0.000000174. The van der Waals surface area contributed by atoms with Gasteiger partial charge in [-0.3, -0.25) is 0 Å². The molecule has 14 nitrogen and oxygen atoms in total. The molecule has 8 aromatic rings. The summed E-state index contributed by atoms with van der Waals surface area (Å²) in [6.45, 7) is 15.8. The Morgan fingerprint density at radius 1 is 0.474 bits per heavy atom. The van der Waals surface area contributed by atoms with Gasteiger partial charge in [0, 0.05) is 80.7 Å². The van der Waals surface area contributed by atoms with Gasteiger partial charge in [-0.25, -0.2) is 29.0 Å². The molecule has 0 spiro atoms. The van der Waals surface area contributed by atoms with Crippen molar-refractivity contribution in [2.45, 2.75) is 118 Å². The van der Waals surface area contributed by atoms with Gasteiger partial charge < -0.3 is 31.5 Å². The molecule has 0 saturated heterocycles. The van der Waals surface area contributed by atoms with Gasteiger partial charge in [0.15, 0.2) is 0 Å². The highest BCUT2D eigenvalue weighted by Crippen LogP contribution is 2.40. The molecule has 0 bridgehead atoms. The summed E-state index contributed by atoms with van der Waals surface area (Å²) in [5, 5.41) is 27.8. The second kappa shape index (κ2) is 25.5. The summed E-state index contributed by atoms with van der Waals surface area (Å²) < 4.78 is 4.07. The van der Waals surface area contributed by atoms with Crippen molar-refractivity contribution in [1.82, 2.24) is 39.2 Å². The summed E-state index contributed by atoms with van der Waals surface area (Å²) >= 11 is 0. The quantitative estimate of drug-likeness (QED) is 0.0297. The lowest BCUT2D eigenvalue weighted by Crippen LogP contribution is -2.27. The smallest absolute Gasteiger partial charge is 0.223 e. The van der Waals surface area contributed by atoms with Crippen LogP contribution >= 0.6 is 0 Å². The average molecular weight is 1020 g/mol. The van der Waals surface area contributed by atoms with Gasteiger partial charge in [-0.05, 0) is 143 Å². The summed E-state index contributed by atoms with van der Waals surface area (Å²) in [5.74, 6) is 5.91. The fraction of sp³-hybridized carbons (Fsp3) is 0.452. The van der Waals surface area contributed by atoms with Crippen LogP contribution in [0.1, 0.15) is 118 Å². The number of fused-ring (bicyclic) bond motifs is 2. The van der Waals surface area contributed by atoms with Gasteiger partial charge in [-0.1, -0.05) is 89.8 Å². The van der Waals surface area contributed by atoms with Crippen LogP contribution in [0.3, 0.4) is 0 Å². The Morgan fingerprint density at radius 3 is 1.34 bits per heavy atom. The van der Waals surface area contributed by atoms with Crippen molar-refractivity contribution in [3.05, 3.63) is 109 Å². The number of pyridine rings is 2. The van der Waals surface area contributed by atoms with Gasteiger partial charge in [0.05, 0.1) is 33.5 Å². The van der Waals surface area contributed by atoms with Crippen LogP contribution in [-0.4, -0.2) is 85.0 Å². The molecule has 6 heterocycles. The van der Waals surface area contributed by atoms with Crippen LogP contribution in [0, 0.1) is 17.8 Å². The zero-order valence-electron chi connectivity index (χ0n) is 45.5. The fourth-order valence-electron chi connectivity index (χ4n) is 9.69. The molecule has 0 amide bonds. The fourth-order valence-corrected chi connectivity index (χ4v) is 9.69. The molecule has 3 fully saturated rings. The number of nitrogens with zero attached hydrogens (tertiary/aromatic N) is 9. The van der Waals surface area contributed by atoms with Crippen molar-refractivity contribution in [2.75, 3.05) is 77.3 Å². The van der Waals surface area contributed by atoms with Crippen LogP contribution in [-0.2, 0) is 0 Å². The number of benzene rings is 2. The van der Waals surface area contributed by atoms with Crippen LogP contribution < -0.4 is 31.5 Å². The van der Waals surface area contributed by atoms with E-state index in [0.717, 1.165) is 175 Å². The third kappa shape index (κ3) is 13.4. The number of hydrogen-bond acceptors (Lipinski definition) is 12. The summed E-state index contributed by atoms with van der Waals surface area (Å²) in [6.07, 6.45) is 20.9. The molecule has 2 aromatic carbocycles. The minimum absolute atomic E-state index is 0.656. The van der Waals surface area contributed by atoms with E-state index in [4.69, 9.17) is 20.2 Å². The van der Waals surface area contributed by atoms with E-state index in [1.165, 1.54) is 57.3 Å². The number of anilines is 6. The zero-order valence-corrected chi connectivity index (χ0v) is 45.5. The average Bonchev–Trinajstić information content (AvgIpc) is 4.42. The number of unbranched alkanes of at least 4 members (excludes halogenated alkanes) is 4. The van der Waals surface area contributed by atoms with Crippen LogP contribution in [0.5, 0.6) is 0 Å². The van der Waals surface area contributed by atoms with E-state index in [9.17, 15) is 0 Å². The Morgan fingerprint density at radius 2 is 0.908 bits per heavy atom. The van der Waals surface area contributed by atoms with Crippen molar-refractivity contribution in [3.8, 4) is 45.0 Å². The van der Waals surface area contributed by atoms with Gasteiger partial charge in [0.25, 0.3) is 0 Å². The molecule has 3 saturated carbocycles. The lowest BCUT2D eigenvalue weighted by atomic mass is 10.0. The SMILES string of the molecule is CCCCNc1nccc(-c2c(-c3ccc(N(CC4CC4)CC4CC4)cc3)nn3c(NCCCC)cccc23)n1.CCCCNc1nccc(-c2c(-c3ccc(NCC4CC4)cc3)nn3c(NCCCC)cccc23)n1. The van der Waals surface area contributed by atoms with Gasteiger partial charge in [-0.15, -0.1) is 0 Å². The van der Waals surface area contributed by atoms with Gasteiger partial charge in [-0.2, -0.15) is 10.2 Å². The monoisotopic (exact) mass is 1020 g/mol. The van der Waals surface area contributed by atoms with Crippen LogP contribution in [0.25, 0.3) is 56.1 Å². The minimum atomic E-state index is 0.656. The Labute approximate surface area is 450 Å². The standard InChI is InChI=1S/C33H43N7.C29H37N7/c1-3-5-19-34-30-9-7-8-29-31(28-18-21-36-33(37-28)35-20-6-4-2)32(38-40(29)30)26-14-16-27(17-15-26)39(22-24-10-11-24)23-25-12-13-25;1-3-5-17-30-26-9-7-8-25-27(24-16-19-32-29(34-24)31-18-6-4-2)28(35-36(25)26)22-12-14-23(15-13-22)33-20-21-10-11-21/h7-9,14-18,21,24-25,34H,3-6,10-13,19-20,22-23H2,1-2H3,(H,35,36,37);7-9,12-16,19,21,30,33H,3-6,10-11,17-18,20H2,1-2H3,(H,31,32,34). The van der Waals surface area contributed by atoms with E-state index in [0.29, 0.717) is 11.9 Å². The lowest BCUT2D eigenvalue weighted by Gasteiger charge is -2.25. The second-order valence-electron chi connectivity index (χ2n) is 21.3. The first-order valence-electron chi connectivity index (χ1n) is 28.9. The van der Waals surface area contributed by atoms with E-state index in [-0.39, 0.29) is 0 Å². The maximum atomic E-state index is 5.19. The van der Waals surface area contributed by atoms with Crippen LogP contribution in [0.15, 0.2) is 109 Å². The summed E-state index contributed by atoms with van der Waals surface area (Å²) in [4.78, 5) is 21.4.